The van der Waals surface area contributed by atoms with Crippen molar-refractivity contribution < 1.29 is 9.18 Å². The molecule has 0 radical (unpaired) electrons. The predicted molar refractivity (Wildman–Crippen MR) is 91.4 cm³/mol. The van der Waals surface area contributed by atoms with Crippen molar-refractivity contribution in [2.24, 2.45) is 0 Å². The number of amides is 1. The van der Waals surface area contributed by atoms with Crippen molar-refractivity contribution in [3.05, 3.63) is 71.5 Å². The first-order valence-corrected chi connectivity index (χ1v) is 8.26. The molecule has 1 aliphatic rings. The molecule has 126 valence electrons. The van der Waals surface area contributed by atoms with Gasteiger partial charge >= 0.3 is 0 Å². The Balaban J connectivity index is 1.63. The van der Waals surface area contributed by atoms with Crippen LogP contribution in [0.4, 0.5) is 4.39 Å². The molecule has 0 aromatic heterocycles. The van der Waals surface area contributed by atoms with Crippen molar-refractivity contribution >= 4 is 5.91 Å². The molecule has 5 heteroatoms. The van der Waals surface area contributed by atoms with Crippen LogP contribution in [0.15, 0.2) is 54.6 Å². The van der Waals surface area contributed by atoms with Gasteiger partial charge in [0.25, 0.3) is 0 Å². The minimum absolute atomic E-state index is 0.00924. The first kappa shape index (κ1) is 16.6. The topological polar surface area (TPSA) is 44.4 Å². The highest BCUT2D eigenvalue weighted by Gasteiger charge is 2.32. The highest BCUT2D eigenvalue weighted by molar-refractivity contribution is 5.82. The molecule has 1 saturated heterocycles. The smallest absolute Gasteiger partial charge is 0.241 e. The quantitative estimate of drug-likeness (QED) is 0.887. The maximum Gasteiger partial charge on any atom is 0.241 e. The molecule has 2 N–H and O–H groups in total. The number of nitrogens with one attached hydrogen (secondary N) is 2. The SMILES string of the molecule is CCN(Cc1ccccc1)C(=O)C1CC(c2ccc(F)cc2)NN1. The van der Waals surface area contributed by atoms with E-state index in [1.807, 2.05) is 42.2 Å². The second-order valence-corrected chi connectivity index (χ2v) is 6.02. The summed E-state index contributed by atoms with van der Waals surface area (Å²) in [6.45, 7) is 3.25. The molecule has 2 aromatic carbocycles. The fraction of sp³-hybridized carbons (Fsp3) is 0.316. The minimum Gasteiger partial charge on any atom is -0.337 e. The van der Waals surface area contributed by atoms with E-state index in [1.165, 1.54) is 12.1 Å². The Morgan fingerprint density at radius 1 is 1.12 bits per heavy atom. The van der Waals surface area contributed by atoms with Crippen LogP contribution in [-0.4, -0.2) is 23.4 Å². The normalized spacial score (nSPS) is 20.1. The summed E-state index contributed by atoms with van der Waals surface area (Å²) in [6.07, 6.45) is 0.649. The van der Waals surface area contributed by atoms with E-state index < -0.39 is 0 Å². The number of nitrogens with zero attached hydrogens (tertiary/aromatic N) is 1. The van der Waals surface area contributed by atoms with Gasteiger partial charge in [0.1, 0.15) is 11.9 Å². The Bertz CT molecular complexity index is 675. The Hall–Kier alpha value is -2.24. The lowest BCUT2D eigenvalue weighted by molar-refractivity contribution is -0.133. The molecule has 1 aliphatic heterocycles. The summed E-state index contributed by atoms with van der Waals surface area (Å²) < 4.78 is 13.0. The van der Waals surface area contributed by atoms with Crippen LogP contribution in [0.2, 0.25) is 0 Å². The van der Waals surface area contributed by atoms with E-state index in [-0.39, 0.29) is 23.8 Å². The summed E-state index contributed by atoms with van der Waals surface area (Å²) in [5.41, 5.74) is 8.33. The fourth-order valence-corrected chi connectivity index (χ4v) is 3.00. The molecule has 24 heavy (non-hydrogen) atoms. The van der Waals surface area contributed by atoms with Crippen molar-refractivity contribution in [2.45, 2.75) is 32.0 Å². The van der Waals surface area contributed by atoms with E-state index in [9.17, 15) is 9.18 Å². The van der Waals surface area contributed by atoms with Gasteiger partial charge in [-0.25, -0.2) is 15.2 Å². The summed E-state index contributed by atoms with van der Waals surface area (Å²) in [5, 5.41) is 0. The number of hydrogen-bond acceptors (Lipinski definition) is 3. The second kappa shape index (κ2) is 7.55. The largest absolute Gasteiger partial charge is 0.337 e. The summed E-state index contributed by atoms with van der Waals surface area (Å²) in [6, 6.07) is 16.1. The third-order valence-corrected chi connectivity index (χ3v) is 4.38. The van der Waals surface area contributed by atoms with Crippen LogP contribution < -0.4 is 10.9 Å². The number of hydrogen-bond donors (Lipinski definition) is 2. The van der Waals surface area contributed by atoms with Gasteiger partial charge in [-0.1, -0.05) is 42.5 Å². The van der Waals surface area contributed by atoms with Gasteiger partial charge < -0.3 is 4.90 Å². The Labute approximate surface area is 141 Å². The van der Waals surface area contributed by atoms with Crippen molar-refractivity contribution in [3.63, 3.8) is 0 Å². The van der Waals surface area contributed by atoms with Crippen molar-refractivity contribution in [1.29, 1.82) is 0 Å². The van der Waals surface area contributed by atoms with Gasteiger partial charge in [0.05, 0.1) is 0 Å². The fourth-order valence-electron chi connectivity index (χ4n) is 3.00. The molecule has 1 fully saturated rings. The zero-order valence-corrected chi connectivity index (χ0v) is 13.7. The maximum absolute atomic E-state index is 13.0. The molecule has 4 nitrogen and oxygen atoms in total. The third kappa shape index (κ3) is 3.80. The molecule has 2 aromatic rings. The molecule has 0 saturated carbocycles. The van der Waals surface area contributed by atoms with Crippen molar-refractivity contribution in [2.75, 3.05) is 6.54 Å². The number of halogens is 1. The highest BCUT2D eigenvalue weighted by atomic mass is 19.1. The van der Waals surface area contributed by atoms with Crippen molar-refractivity contribution in [3.8, 4) is 0 Å². The summed E-state index contributed by atoms with van der Waals surface area (Å²) in [7, 11) is 0. The van der Waals surface area contributed by atoms with Crippen LogP contribution in [0.5, 0.6) is 0 Å². The van der Waals surface area contributed by atoms with E-state index in [0.717, 1.165) is 11.1 Å². The van der Waals surface area contributed by atoms with Crippen LogP contribution in [-0.2, 0) is 11.3 Å². The molecule has 2 unspecified atom stereocenters. The third-order valence-electron chi connectivity index (χ3n) is 4.38. The van der Waals surface area contributed by atoms with Crippen LogP contribution in [0.25, 0.3) is 0 Å². The van der Waals surface area contributed by atoms with Gasteiger partial charge in [0.2, 0.25) is 5.91 Å². The number of benzene rings is 2. The standard InChI is InChI=1S/C19H22FN3O/c1-2-23(13-14-6-4-3-5-7-14)19(24)18-12-17(21-22-18)15-8-10-16(20)11-9-15/h3-11,17-18,21-22H,2,12-13H2,1H3. The Kier molecular flexibility index (Phi) is 5.23. The van der Waals surface area contributed by atoms with Gasteiger partial charge in [-0.3, -0.25) is 4.79 Å². The lowest BCUT2D eigenvalue weighted by Gasteiger charge is -2.24. The molecular weight excluding hydrogens is 305 g/mol. The average Bonchev–Trinajstić information content (AvgIpc) is 3.10. The molecule has 1 heterocycles. The first-order chi connectivity index (χ1) is 11.7. The van der Waals surface area contributed by atoms with Crippen LogP contribution in [0.3, 0.4) is 0 Å². The lowest BCUT2D eigenvalue weighted by atomic mass is 10.0. The molecule has 2 atom stereocenters. The number of rotatable bonds is 5. The lowest BCUT2D eigenvalue weighted by Crippen LogP contribution is -2.45. The molecule has 3 rings (SSSR count). The van der Waals surface area contributed by atoms with E-state index in [2.05, 4.69) is 10.9 Å². The maximum atomic E-state index is 13.0. The number of hydrazine groups is 1. The monoisotopic (exact) mass is 327 g/mol. The van der Waals surface area contributed by atoms with Crippen LogP contribution in [0, 0.1) is 5.82 Å². The number of carbonyl (C=O) groups is 1. The molecule has 1 amide bonds. The molecule has 0 bridgehead atoms. The molecule has 0 spiro atoms. The highest BCUT2D eigenvalue weighted by Crippen LogP contribution is 2.23. The predicted octanol–water partition coefficient (Wildman–Crippen LogP) is 2.78. The Morgan fingerprint density at radius 2 is 1.83 bits per heavy atom. The summed E-state index contributed by atoms with van der Waals surface area (Å²) in [4.78, 5) is 14.6. The van der Waals surface area contributed by atoms with E-state index in [1.54, 1.807) is 12.1 Å². The Morgan fingerprint density at radius 3 is 2.50 bits per heavy atom. The number of carbonyl (C=O) groups excluding carboxylic acids is 1. The first-order valence-electron chi connectivity index (χ1n) is 8.26. The van der Waals surface area contributed by atoms with Crippen LogP contribution in [0.1, 0.15) is 30.5 Å². The minimum atomic E-state index is -0.274. The molecule has 0 aliphatic carbocycles. The van der Waals surface area contributed by atoms with Gasteiger partial charge in [-0.05, 0) is 36.6 Å². The zero-order valence-electron chi connectivity index (χ0n) is 13.7. The van der Waals surface area contributed by atoms with E-state index in [0.29, 0.717) is 19.5 Å². The van der Waals surface area contributed by atoms with Crippen molar-refractivity contribution in [1.82, 2.24) is 15.8 Å². The van der Waals surface area contributed by atoms with Gasteiger partial charge in [-0.2, -0.15) is 0 Å². The molecular formula is C19H22FN3O. The average molecular weight is 327 g/mol. The van der Waals surface area contributed by atoms with Crippen LogP contribution >= 0.6 is 0 Å². The summed E-state index contributed by atoms with van der Waals surface area (Å²) >= 11 is 0. The zero-order chi connectivity index (χ0) is 16.9. The number of likely N-dealkylation sites (N-methyl/N-ethyl adjacent to an activating group) is 1. The van der Waals surface area contributed by atoms with Gasteiger partial charge in [-0.15, -0.1) is 0 Å². The van der Waals surface area contributed by atoms with Gasteiger partial charge in [0, 0.05) is 19.1 Å². The van der Waals surface area contributed by atoms with E-state index in [4.69, 9.17) is 0 Å². The van der Waals surface area contributed by atoms with Gasteiger partial charge in [0.15, 0.2) is 0 Å². The van der Waals surface area contributed by atoms with E-state index >= 15 is 0 Å². The summed E-state index contributed by atoms with van der Waals surface area (Å²) in [5.74, 6) is -0.171. The second-order valence-electron chi connectivity index (χ2n) is 6.02.